The van der Waals surface area contributed by atoms with E-state index in [9.17, 15) is 9.90 Å². The van der Waals surface area contributed by atoms with E-state index < -0.39 is 12.1 Å². The van der Waals surface area contributed by atoms with Gasteiger partial charge in [0, 0.05) is 19.0 Å². The van der Waals surface area contributed by atoms with Gasteiger partial charge in [0.2, 0.25) is 0 Å². The van der Waals surface area contributed by atoms with Crippen molar-refractivity contribution in [1.82, 2.24) is 4.90 Å². The first kappa shape index (κ1) is 15.7. The minimum Gasteiger partial charge on any atom is -0.481 e. The molecule has 1 unspecified atom stereocenters. The normalized spacial score (nSPS) is 12.9. The molecule has 0 heterocycles. The van der Waals surface area contributed by atoms with Crippen molar-refractivity contribution in [3.8, 4) is 0 Å². The lowest BCUT2D eigenvalue weighted by molar-refractivity contribution is -0.137. The van der Waals surface area contributed by atoms with Gasteiger partial charge in [-0.15, -0.1) is 0 Å². The molecule has 4 nitrogen and oxygen atoms in total. The predicted octanol–water partition coefficient (Wildman–Crippen LogP) is 2.30. The van der Waals surface area contributed by atoms with Gasteiger partial charge in [0.05, 0.1) is 6.10 Å². The zero-order valence-electron chi connectivity index (χ0n) is 11.6. The molecule has 0 bridgehead atoms. The molecule has 4 heteroatoms. The minimum atomic E-state index is -0.771. The number of carbonyl (C=O) groups is 1. The quantitative estimate of drug-likeness (QED) is 0.757. The Bertz CT molecular complexity index is 378. The fourth-order valence-electron chi connectivity index (χ4n) is 2.00. The van der Waals surface area contributed by atoms with Crippen LogP contribution in [0, 0.1) is 0 Å². The molecule has 2 N–H and O–H groups in total. The molecule has 19 heavy (non-hydrogen) atoms. The number of rotatable bonds is 8. The van der Waals surface area contributed by atoms with E-state index in [0.717, 1.165) is 5.56 Å². The highest BCUT2D eigenvalue weighted by Crippen LogP contribution is 2.15. The van der Waals surface area contributed by atoms with E-state index >= 15 is 0 Å². The van der Waals surface area contributed by atoms with Crippen molar-refractivity contribution in [1.29, 1.82) is 0 Å². The number of aliphatic carboxylic acids is 1. The zero-order chi connectivity index (χ0) is 14.3. The van der Waals surface area contributed by atoms with E-state index in [1.165, 1.54) is 0 Å². The van der Waals surface area contributed by atoms with E-state index in [2.05, 4.69) is 18.7 Å². The van der Waals surface area contributed by atoms with Gasteiger partial charge in [-0.05, 0) is 32.4 Å². The Morgan fingerprint density at radius 3 is 2.42 bits per heavy atom. The van der Waals surface area contributed by atoms with Crippen molar-refractivity contribution < 1.29 is 15.0 Å². The summed E-state index contributed by atoms with van der Waals surface area (Å²) in [7, 11) is 0. The minimum absolute atomic E-state index is 0.171. The molecule has 0 aliphatic rings. The molecule has 1 aromatic rings. The first-order chi connectivity index (χ1) is 9.00. The number of aliphatic hydroxyl groups is 1. The van der Waals surface area contributed by atoms with Gasteiger partial charge in [0.1, 0.15) is 0 Å². The first-order valence-corrected chi connectivity index (χ1v) is 6.69. The van der Waals surface area contributed by atoms with Gasteiger partial charge in [-0.3, -0.25) is 9.69 Å². The van der Waals surface area contributed by atoms with Crippen molar-refractivity contribution in [2.75, 3.05) is 13.1 Å². The summed E-state index contributed by atoms with van der Waals surface area (Å²) in [5.41, 5.74) is 0.895. The summed E-state index contributed by atoms with van der Waals surface area (Å²) in [5, 5.41) is 18.8. The largest absolute Gasteiger partial charge is 0.481 e. The molecule has 0 aliphatic carbocycles. The summed E-state index contributed by atoms with van der Waals surface area (Å²) >= 11 is 0. The molecule has 1 atom stereocenters. The van der Waals surface area contributed by atoms with Crippen LogP contribution in [-0.4, -0.2) is 40.2 Å². The molecule has 0 fully saturated rings. The number of nitrogens with zero attached hydrogens (tertiary/aromatic N) is 1. The molecule has 0 saturated heterocycles. The van der Waals surface area contributed by atoms with Crippen molar-refractivity contribution in [2.45, 2.75) is 38.8 Å². The molecule has 1 aromatic carbocycles. The number of hydrogen-bond acceptors (Lipinski definition) is 3. The van der Waals surface area contributed by atoms with Crippen molar-refractivity contribution in [2.24, 2.45) is 0 Å². The molecule has 0 aromatic heterocycles. The number of aliphatic hydroxyl groups excluding tert-OH is 1. The standard InChI is InChI=1S/C15H23NO3/c1-12(2)16(10-6-9-15(18)19)11-14(17)13-7-4-3-5-8-13/h3-5,7-8,12,14,17H,6,9-11H2,1-2H3,(H,18,19). The lowest BCUT2D eigenvalue weighted by Gasteiger charge is -2.28. The second-order valence-electron chi connectivity index (χ2n) is 5.01. The fraction of sp³-hybridized carbons (Fsp3) is 0.533. The third-order valence-electron chi connectivity index (χ3n) is 3.16. The number of carboxylic acids is 1. The Balaban J connectivity index is 2.51. The van der Waals surface area contributed by atoms with Gasteiger partial charge in [0.15, 0.2) is 0 Å². The average Bonchev–Trinajstić information content (AvgIpc) is 2.37. The Labute approximate surface area is 114 Å². The summed E-state index contributed by atoms with van der Waals surface area (Å²) < 4.78 is 0. The summed E-state index contributed by atoms with van der Waals surface area (Å²) in [6.45, 7) is 5.33. The van der Waals surface area contributed by atoms with E-state index in [1.807, 2.05) is 30.3 Å². The van der Waals surface area contributed by atoms with Crippen LogP contribution < -0.4 is 0 Å². The summed E-state index contributed by atoms with van der Waals surface area (Å²) in [4.78, 5) is 12.6. The van der Waals surface area contributed by atoms with E-state index in [0.29, 0.717) is 19.5 Å². The Morgan fingerprint density at radius 1 is 1.26 bits per heavy atom. The smallest absolute Gasteiger partial charge is 0.303 e. The summed E-state index contributed by atoms with van der Waals surface area (Å²) in [5.74, 6) is -0.771. The second kappa shape index (κ2) is 7.92. The lowest BCUT2D eigenvalue weighted by Crippen LogP contribution is -2.35. The van der Waals surface area contributed by atoms with Crippen LogP contribution >= 0.6 is 0 Å². The van der Waals surface area contributed by atoms with Gasteiger partial charge >= 0.3 is 5.97 Å². The Kier molecular flexibility index (Phi) is 6.53. The highest BCUT2D eigenvalue weighted by atomic mass is 16.4. The van der Waals surface area contributed by atoms with Crippen LogP contribution in [0.25, 0.3) is 0 Å². The van der Waals surface area contributed by atoms with Crippen LogP contribution in [-0.2, 0) is 4.79 Å². The lowest BCUT2D eigenvalue weighted by atomic mass is 10.1. The van der Waals surface area contributed by atoms with Crippen LogP contribution in [0.4, 0.5) is 0 Å². The fourth-order valence-corrected chi connectivity index (χ4v) is 2.00. The monoisotopic (exact) mass is 265 g/mol. The topological polar surface area (TPSA) is 60.8 Å². The van der Waals surface area contributed by atoms with Crippen LogP contribution in [0.5, 0.6) is 0 Å². The Hall–Kier alpha value is -1.39. The van der Waals surface area contributed by atoms with Crippen LogP contribution in [0.2, 0.25) is 0 Å². The summed E-state index contributed by atoms with van der Waals surface area (Å²) in [6.07, 6.45) is 0.244. The van der Waals surface area contributed by atoms with E-state index in [-0.39, 0.29) is 12.5 Å². The van der Waals surface area contributed by atoms with Crippen LogP contribution in [0.3, 0.4) is 0 Å². The van der Waals surface area contributed by atoms with Gasteiger partial charge in [-0.25, -0.2) is 0 Å². The molecule has 0 saturated carbocycles. The number of hydrogen-bond donors (Lipinski definition) is 2. The maximum absolute atomic E-state index is 10.5. The molecule has 0 spiro atoms. The molecule has 0 aliphatic heterocycles. The molecular formula is C15H23NO3. The van der Waals surface area contributed by atoms with Crippen molar-refractivity contribution >= 4 is 5.97 Å². The Morgan fingerprint density at radius 2 is 1.89 bits per heavy atom. The SMILES string of the molecule is CC(C)N(CCCC(=O)O)CC(O)c1ccccc1. The summed E-state index contributed by atoms with van der Waals surface area (Å²) in [6, 6.07) is 9.82. The van der Waals surface area contributed by atoms with Crippen molar-refractivity contribution in [3.05, 3.63) is 35.9 Å². The van der Waals surface area contributed by atoms with Gasteiger partial charge in [0.25, 0.3) is 0 Å². The van der Waals surface area contributed by atoms with E-state index in [1.54, 1.807) is 0 Å². The average molecular weight is 265 g/mol. The number of benzene rings is 1. The molecule has 1 rings (SSSR count). The van der Waals surface area contributed by atoms with Gasteiger partial charge in [-0.2, -0.15) is 0 Å². The molecule has 0 amide bonds. The molecular weight excluding hydrogens is 242 g/mol. The van der Waals surface area contributed by atoms with Gasteiger partial charge < -0.3 is 10.2 Å². The highest BCUT2D eigenvalue weighted by Gasteiger charge is 2.16. The number of carboxylic acid groups (broad SMARTS) is 1. The maximum Gasteiger partial charge on any atom is 0.303 e. The highest BCUT2D eigenvalue weighted by molar-refractivity contribution is 5.66. The zero-order valence-corrected chi connectivity index (χ0v) is 11.6. The predicted molar refractivity (Wildman–Crippen MR) is 75.0 cm³/mol. The second-order valence-corrected chi connectivity index (χ2v) is 5.01. The van der Waals surface area contributed by atoms with Crippen molar-refractivity contribution in [3.63, 3.8) is 0 Å². The van der Waals surface area contributed by atoms with Gasteiger partial charge in [-0.1, -0.05) is 30.3 Å². The third kappa shape index (κ3) is 5.85. The van der Waals surface area contributed by atoms with Crippen LogP contribution in [0.15, 0.2) is 30.3 Å². The van der Waals surface area contributed by atoms with Crippen LogP contribution in [0.1, 0.15) is 38.4 Å². The maximum atomic E-state index is 10.5. The first-order valence-electron chi connectivity index (χ1n) is 6.69. The molecule has 106 valence electrons. The molecule has 0 radical (unpaired) electrons. The third-order valence-corrected chi connectivity index (χ3v) is 3.16. The van der Waals surface area contributed by atoms with E-state index in [4.69, 9.17) is 5.11 Å².